The zero-order valence-electron chi connectivity index (χ0n) is 16.6. The molecule has 1 atom stereocenters. The summed E-state index contributed by atoms with van der Waals surface area (Å²) in [7, 11) is 1.30. The SMILES string of the molecule is COC(=O)CC(NC(=O)CCC(=O)N1CCSc2ccccc21)c1ccc(Cl)cc1. The number of benzene rings is 2. The third kappa shape index (κ3) is 5.77. The number of hydrogen-bond donors (Lipinski definition) is 1. The van der Waals surface area contributed by atoms with E-state index in [1.54, 1.807) is 40.9 Å². The number of thioether (sulfide) groups is 1. The van der Waals surface area contributed by atoms with Crippen LogP contribution in [0.15, 0.2) is 53.4 Å². The second kappa shape index (κ2) is 10.5. The number of para-hydroxylation sites is 1. The smallest absolute Gasteiger partial charge is 0.307 e. The maximum absolute atomic E-state index is 12.7. The van der Waals surface area contributed by atoms with Gasteiger partial charge < -0.3 is 15.0 Å². The van der Waals surface area contributed by atoms with E-state index >= 15 is 0 Å². The second-order valence-corrected chi connectivity index (χ2v) is 8.39. The van der Waals surface area contributed by atoms with Crippen LogP contribution in [0.1, 0.15) is 30.9 Å². The first-order chi connectivity index (χ1) is 14.5. The lowest BCUT2D eigenvalue weighted by Crippen LogP contribution is -2.36. The van der Waals surface area contributed by atoms with Gasteiger partial charge in [-0.15, -0.1) is 11.8 Å². The molecule has 1 unspecified atom stereocenters. The van der Waals surface area contributed by atoms with Gasteiger partial charge in [-0.05, 0) is 29.8 Å². The standard InChI is InChI=1S/C22H23ClN2O4S/c1-29-22(28)14-17(15-6-8-16(23)9-7-15)24-20(26)10-11-21(27)25-12-13-30-19-5-3-2-4-18(19)25/h2-9,17H,10-14H2,1H3,(H,24,26). The van der Waals surface area contributed by atoms with Crippen LogP contribution in [0.5, 0.6) is 0 Å². The topological polar surface area (TPSA) is 75.7 Å². The van der Waals surface area contributed by atoms with E-state index in [1.165, 1.54) is 7.11 Å². The van der Waals surface area contributed by atoms with Crippen LogP contribution in [0.25, 0.3) is 0 Å². The van der Waals surface area contributed by atoms with Crippen molar-refractivity contribution in [3.8, 4) is 0 Å². The van der Waals surface area contributed by atoms with Gasteiger partial charge in [0, 0.05) is 35.1 Å². The molecule has 3 rings (SSSR count). The van der Waals surface area contributed by atoms with Crippen LogP contribution in [0.2, 0.25) is 5.02 Å². The van der Waals surface area contributed by atoms with Gasteiger partial charge in [-0.1, -0.05) is 35.9 Å². The van der Waals surface area contributed by atoms with Crippen molar-refractivity contribution in [2.24, 2.45) is 0 Å². The highest BCUT2D eigenvalue weighted by molar-refractivity contribution is 7.99. The highest BCUT2D eigenvalue weighted by Crippen LogP contribution is 2.34. The number of halogens is 1. The lowest BCUT2D eigenvalue weighted by molar-refractivity contribution is -0.141. The van der Waals surface area contributed by atoms with E-state index in [4.69, 9.17) is 16.3 Å². The summed E-state index contributed by atoms with van der Waals surface area (Å²) in [6.45, 7) is 0.623. The van der Waals surface area contributed by atoms with Crippen molar-refractivity contribution in [1.29, 1.82) is 0 Å². The van der Waals surface area contributed by atoms with Crippen molar-refractivity contribution in [2.45, 2.75) is 30.2 Å². The van der Waals surface area contributed by atoms with Crippen molar-refractivity contribution >= 4 is 46.8 Å². The molecule has 1 N–H and O–H groups in total. The molecule has 30 heavy (non-hydrogen) atoms. The first-order valence-corrected chi connectivity index (χ1v) is 11.0. The molecule has 2 amide bonds. The van der Waals surface area contributed by atoms with Crippen molar-refractivity contribution < 1.29 is 19.1 Å². The first-order valence-electron chi connectivity index (χ1n) is 9.61. The van der Waals surface area contributed by atoms with E-state index in [0.29, 0.717) is 11.6 Å². The summed E-state index contributed by atoms with van der Waals surface area (Å²) in [6.07, 6.45) is 0.126. The van der Waals surface area contributed by atoms with E-state index in [-0.39, 0.29) is 31.1 Å². The molecule has 6 nitrogen and oxygen atoms in total. The van der Waals surface area contributed by atoms with E-state index in [9.17, 15) is 14.4 Å². The van der Waals surface area contributed by atoms with Gasteiger partial charge in [-0.25, -0.2) is 0 Å². The Labute approximate surface area is 184 Å². The number of nitrogens with one attached hydrogen (secondary N) is 1. The number of nitrogens with zero attached hydrogens (tertiary/aromatic N) is 1. The van der Waals surface area contributed by atoms with Crippen LogP contribution < -0.4 is 10.2 Å². The highest BCUT2D eigenvalue weighted by atomic mass is 35.5. The molecule has 8 heteroatoms. The zero-order chi connectivity index (χ0) is 21.5. The van der Waals surface area contributed by atoms with Crippen LogP contribution in [-0.4, -0.2) is 37.2 Å². The number of carbonyl (C=O) groups is 3. The molecule has 0 radical (unpaired) electrons. The van der Waals surface area contributed by atoms with Gasteiger partial charge in [0.05, 0.1) is 25.3 Å². The third-order valence-electron chi connectivity index (χ3n) is 4.80. The van der Waals surface area contributed by atoms with Gasteiger partial charge >= 0.3 is 5.97 Å². The number of amides is 2. The molecule has 0 bridgehead atoms. The minimum absolute atomic E-state index is 0.00541. The monoisotopic (exact) mass is 446 g/mol. The highest BCUT2D eigenvalue weighted by Gasteiger charge is 2.24. The normalized spacial score (nSPS) is 13.9. The van der Waals surface area contributed by atoms with Crippen molar-refractivity contribution in [3.05, 3.63) is 59.1 Å². The molecule has 0 spiro atoms. The Hall–Kier alpha value is -2.51. The summed E-state index contributed by atoms with van der Waals surface area (Å²) in [5.41, 5.74) is 1.63. The van der Waals surface area contributed by atoms with Gasteiger partial charge in [0.1, 0.15) is 0 Å². The van der Waals surface area contributed by atoms with Gasteiger partial charge in [0.2, 0.25) is 11.8 Å². The number of ether oxygens (including phenoxy) is 1. The number of rotatable bonds is 7. The van der Waals surface area contributed by atoms with E-state index in [1.807, 2.05) is 24.3 Å². The summed E-state index contributed by atoms with van der Waals surface area (Å²) < 4.78 is 4.74. The van der Waals surface area contributed by atoms with Crippen LogP contribution in [0.4, 0.5) is 5.69 Å². The number of esters is 1. The number of fused-ring (bicyclic) bond motifs is 1. The van der Waals surface area contributed by atoms with Gasteiger partial charge in [-0.2, -0.15) is 0 Å². The molecule has 0 fully saturated rings. The molecule has 0 aliphatic carbocycles. The molecule has 2 aromatic rings. The Morgan fingerprint density at radius 1 is 1.13 bits per heavy atom. The molecule has 0 saturated heterocycles. The fraction of sp³-hybridized carbons (Fsp3) is 0.318. The molecular formula is C22H23ClN2O4S. The number of methoxy groups -OCH3 is 1. The molecule has 0 saturated carbocycles. The van der Waals surface area contributed by atoms with Gasteiger partial charge in [0.25, 0.3) is 0 Å². The molecule has 1 aliphatic rings. The Kier molecular flexibility index (Phi) is 7.76. The van der Waals surface area contributed by atoms with Crippen LogP contribution in [0, 0.1) is 0 Å². The summed E-state index contributed by atoms with van der Waals surface area (Å²) >= 11 is 7.65. The number of carbonyl (C=O) groups excluding carboxylic acids is 3. The third-order valence-corrected chi connectivity index (χ3v) is 6.10. The molecule has 0 aromatic heterocycles. The average molecular weight is 447 g/mol. The maximum atomic E-state index is 12.7. The van der Waals surface area contributed by atoms with Gasteiger partial charge in [-0.3, -0.25) is 14.4 Å². The molecule has 2 aromatic carbocycles. The first kappa shape index (κ1) is 22.2. The predicted octanol–water partition coefficient (Wildman–Crippen LogP) is 3.98. The number of hydrogen-bond acceptors (Lipinski definition) is 5. The Balaban J connectivity index is 1.61. The summed E-state index contributed by atoms with van der Waals surface area (Å²) in [4.78, 5) is 39.8. The quantitative estimate of drug-likeness (QED) is 0.651. The summed E-state index contributed by atoms with van der Waals surface area (Å²) in [5, 5.41) is 3.40. The minimum Gasteiger partial charge on any atom is -0.469 e. The zero-order valence-corrected chi connectivity index (χ0v) is 18.2. The van der Waals surface area contributed by atoms with Crippen molar-refractivity contribution in [3.63, 3.8) is 0 Å². The van der Waals surface area contributed by atoms with Crippen LogP contribution in [-0.2, 0) is 19.1 Å². The van der Waals surface area contributed by atoms with E-state index in [0.717, 1.165) is 21.9 Å². The lowest BCUT2D eigenvalue weighted by Gasteiger charge is -2.29. The maximum Gasteiger partial charge on any atom is 0.307 e. The fourth-order valence-corrected chi connectivity index (χ4v) is 4.37. The molecule has 1 aliphatic heterocycles. The molecule has 158 valence electrons. The fourth-order valence-electron chi connectivity index (χ4n) is 3.25. The Morgan fingerprint density at radius 3 is 2.60 bits per heavy atom. The van der Waals surface area contributed by atoms with E-state index in [2.05, 4.69) is 5.32 Å². The lowest BCUT2D eigenvalue weighted by atomic mass is 10.0. The Bertz CT molecular complexity index is 920. The second-order valence-electron chi connectivity index (χ2n) is 6.81. The summed E-state index contributed by atoms with van der Waals surface area (Å²) in [5.74, 6) is 0.00161. The van der Waals surface area contributed by atoms with Crippen molar-refractivity contribution in [2.75, 3.05) is 24.3 Å². The molecule has 1 heterocycles. The minimum atomic E-state index is -0.551. The van der Waals surface area contributed by atoms with Crippen molar-refractivity contribution in [1.82, 2.24) is 5.32 Å². The average Bonchev–Trinajstić information content (AvgIpc) is 2.77. The van der Waals surface area contributed by atoms with Crippen LogP contribution in [0.3, 0.4) is 0 Å². The van der Waals surface area contributed by atoms with Crippen LogP contribution >= 0.6 is 23.4 Å². The summed E-state index contributed by atoms with van der Waals surface area (Å²) in [6, 6.07) is 14.1. The predicted molar refractivity (Wildman–Crippen MR) is 118 cm³/mol. The largest absolute Gasteiger partial charge is 0.469 e. The van der Waals surface area contributed by atoms with E-state index < -0.39 is 12.0 Å². The van der Waals surface area contributed by atoms with Gasteiger partial charge in [0.15, 0.2) is 0 Å². The molecular weight excluding hydrogens is 424 g/mol. The Morgan fingerprint density at radius 2 is 1.87 bits per heavy atom. The number of anilines is 1.